The molecular weight excluding hydrogens is 318 g/mol. The Hall–Kier alpha value is 0.430. The van der Waals surface area contributed by atoms with Crippen LogP contribution in [-0.4, -0.2) is 6.54 Å². The van der Waals surface area contributed by atoms with E-state index in [1.807, 2.05) is 0 Å². The fourth-order valence-corrected chi connectivity index (χ4v) is 4.27. The number of hydrogen-bond donors (Lipinski definition) is 1. The van der Waals surface area contributed by atoms with Crippen molar-refractivity contribution < 1.29 is 0 Å². The molecule has 1 aromatic rings. The molecule has 0 aromatic carbocycles. The third-order valence-corrected chi connectivity index (χ3v) is 5.91. The van der Waals surface area contributed by atoms with E-state index in [2.05, 4.69) is 27.3 Å². The van der Waals surface area contributed by atoms with Crippen LogP contribution in [0.2, 0.25) is 4.34 Å². The predicted molar refractivity (Wildman–Crippen MR) is 79.9 cm³/mol. The van der Waals surface area contributed by atoms with Crippen LogP contribution in [0.4, 0.5) is 0 Å². The second-order valence-electron chi connectivity index (χ2n) is 4.80. The SMILES string of the molecule is Clc1sc(CNCCCC2CCCC2)cc1Br. The van der Waals surface area contributed by atoms with Crippen molar-refractivity contribution in [2.24, 2.45) is 5.92 Å². The van der Waals surface area contributed by atoms with Crippen LogP contribution in [0.1, 0.15) is 43.4 Å². The summed E-state index contributed by atoms with van der Waals surface area (Å²) in [5.41, 5.74) is 0. The summed E-state index contributed by atoms with van der Waals surface area (Å²) in [7, 11) is 0. The molecule has 1 fully saturated rings. The molecule has 0 bridgehead atoms. The molecule has 0 saturated heterocycles. The first-order valence-electron chi connectivity index (χ1n) is 6.40. The van der Waals surface area contributed by atoms with Gasteiger partial charge in [-0.25, -0.2) is 0 Å². The second kappa shape index (κ2) is 7.13. The highest BCUT2D eigenvalue weighted by Gasteiger charge is 2.13. The summed E-state index contributed by atoms with van der Waals surface area (Å²) in [5, 5.41) is 3.50. The molecule has 1 aliphatic rings. The fraction of sp³-hybridized carbons (Fsp3) is 0.692. The highest BCUT2D eigenvalue weighted by molar-refractivity contribution is 9.10. The molecule has 0 unspecified atom stereocenters. The van der Waals surface area contributed by atoms with Gasteiger partial charge in [0.1, 0.15) is 4.34 Å². The molecule has 0 aliphatic heterocycles. The lowest BCUT2D eigenvalue weighted by molar-refractivity contribution is 0.471. The summed E-state index contributed by atoms with van der Waals surface area (Å²) in [4.78, 5) is 1.31. The van der Waals surface area contributed by atoms with Crippen LogP contribution in [0, 0.1) is 5.92 Å². The number of nitrogens with one attached hydrogen (secondary N) is 1. The van der Waals surface area contributed by atoms with Crippen LogP contribution in [0.25, 0.3) is 0 Å². The molecule has 17 heavy (non-hydrogen) atoms. The number of hydrogen-bond acceptors (Lipinski definition) is 2. The van der Waals surface area contributed by atoms with E-state index < -0.39 is 0 Å². The van der Waals surface area contributed by atoms with Crippen molar-refractivity contribution in [1.82, 2.24) is 5.32 Å². The molecule has 1 N–H and O–H groups in total. The van der Waals surface area contributed by atoms with E-state index in [-0.39, 0.29) is 0 Å². The zero-order chi connectivity index (χ0) is 12.1. The molecule has 96 valence electrons. The molecule has 1 heterocycles. The van der Waals surface area contributed by atoms with Crippen LogP contribution in [-0.2, 0) is 6.54 Å². The second-order valence-corrected chi connectivity index (χ2v) is 7.40. The third kappa shape index (κ3) is 4.55. The van der Waals surface area contributed by atoms with Gasteiger partial charge < -0.3 is 5.32 Å². The van der Waals surface area contributed by atoms with Crippen molar-refractivity contribution in [3.8, 4) is 0 Å². The van der Waals surface area contributed by atoms with Gasteiger partial charge in [-0.15, -0.1) is 11.3 Å². The van der Waals surface area contributed by atoms with Gasteiger partial charge in [0.15, 0.2) is 0 Å². The average Bonchev–Trinajstić information content (AvgIpc) is 2.90. The molecule has 1 aliphatic carbocycles. The predicted octanol–water partition coefficient (Wildman–Crippen LogP) is 5.22. The van der Waals surface area contributed by atoms with Gasteiger partial charge in [0.25, 0.3) is 0 Å². The van der Waals surface area contributed by atoms with Crippen LogP contribution in [0.15, 0.2) is 10.5 Å². The molecule has 4 heteroatoms. The first kappa shape index (κ1) is 13.9. The monoisotopic (exact) mass is 335 g/mol. The smallest absolute Gasteiger partial charge is 0.107 e. The molecular formula is C13H19BrClNS. The minimum Gasteiger partial charge on any atom is -0.312 e. The van der Waals surface area contributed by atoms with Crippen LogP contribution in [0.3, 0.4) is 0 Å². The minimum atomic E-state index is 0.854. The fourth-order valence-electron chi connectivity index (χ4n) is 2.50. The molecule has 1 nitrogen and oxygen atoms in total. The Morgan fingerprint density at radius 1 is 1.41 bits per heavy atom. The van der Waals surface area contributed by atoms with Crippen molar-refractivity contribution in [2.75, 3.05) is 6.54 Å². The van der Waals surface area contributed by atoms with E-state index in [0.717, 1.165) is 27.8 Å². The molecule has 1 saturated carbocycles. The summed E-state index contributed by atoms with van der Waals surface area (Å²) in [5.74, 6) is 1.02. The maximum absolute atomic E-state index is 6.00. The Morgan fingerprint density at radius 3 is 2.82 bits per heavy atom. The Bertz CT molecular complexity index is 328. The average molecular weight is 337 g/mol. The maximum atomic E-state index is 6.00. The van der Waals surface area contributed by atoms with Crippen LogP contribution in [0.5, 0.6) is 0 Å². The van der Waals surface area contributed by atoms with Gasteiger partial charge >= 0.3 is 0 Å². The minimum absolute atomic E-state index is 0.854. The van der Waals surface area contributed by atoms with Crippen LogP contribution < -0.4 is 5.32 Å². The summed E-state index contributed by atoms with van der Waals surface area (Å²) >= 11 is 11.1. The summed E-state index contributed by atoms with van der Waals surface area (Å²) < 4.78 is 1.87. The standard InChI is InChI=1S/C13H19BrClNS/c14-12-8-11(17-13(12)15)9-16-7-3-6-10-4-1-2-5-10/h8,10,16H,1-7,9H2. The van der Waals surface area contributed by atoms with Gasteiger partial charge in [-0.1, -0.05) is 37.3 Å². The largest absolute Gasteiger partial charge is 0.312 e. The van der Waals surface area contributed by atoms with Crippen molar-refractivity contribution in [3.05, 3.63) is 19.8 Å². The van der Waals surface area contributed by atoms with Gasteiger partial charge in [0, 0.05) is 15.9 Å². The molecule has 2 rings (SSSR count). The third-order valence-electron chi connectivity index (χ3n) is 3.44. The highest BCUT2D eigenvalue weighted by Crippen LogP contribution is 2.32. The van der Waals surface area contributed by atoms with Gasteiger partial charge in [0.05, 0.1) is 0 Å². The summed E-state index contributed by atoms with van der Waals surface area (Å²) in [6, 6.07) is 2.11. The Balaban J connectivity index is 1.56. The van der Waals surface area contributed by atoms with Crippen molar-refractivity contribution in [3.63, 3.8) is 0 Å². The van der Waals surface area contributed by atoms with E-state index in [0.29, 0.717) is 0 Å². The van der Waals surface area contributed by atoms with E-state index in [9.17, 15) is 0 Å². The zero-order valence-corrected chi connectivity index (χ0v) is 13.1. The lowest BCUT2D eigenvalue weighted by Crippen LogP contribution is -2.14. The van der Waals surface area contributed by atoms with Gasteiger partial charge in [0.2, 0.25) is 0 Å². The summed E-state index contributed by atoms with van der Waals surface area (Å²) in [6.07, 6.45) is 8.56. The number of rotatable bonds is 6. The summed E-state index contributed by atoms with van der Waals surface area (Å²) in [6.45, 7) is 2.07. The van der Waals surface area contributed by atoms with Crippen molar-refractivity contribution in [2.45, 2.75) is 45.1 Å². The zero-order valence-electron chi connectivity index (χ0n) is 9.98. The van der Waals surface area contributed by atoms with Gasteiger partial charge in [-0.2, -0.15) is 0 Å². The number of thiophene rings is 1. The Morgan fingerprint density at radius 2 is 2.18 bits per heavy atom. The normalized spacial score (nSPS) is 16.8. The lowest BCUT2D eigenvalue weighted by atomic mass is 10.0. The Labute approximate surface area is 121 Å². The van der Waals surface area contributed by atoms with Gasteiger partial charge in [-0.05, 0) is 47.3 Å². The first-order chi connectivity index (χ1) is 8.25. The van der Waals surface area contributed by atoms with Crippen LogP contribution >= 0.6 is 38.9 Å². The van der Waals surface area contributed by atoms with Crippen molar-refractivity contribution in [1.29, 1.82) is 0 Å². The van der Waals surface area contributed by atoms with E-state index in [4.69, 9.17) is 11.6 Å². The van der Waals surface area contributed by atoms with Gasteiger partial charge in [-0.3, -0.25) is 0 Å². The molecule has 0 atom stereocenters. The highest BCUT2D eigenvalue weighted by atomic mass is 79.9. The number of halogens is 2. The van der Waals surface area contributed by atoms with E-state index >= 15 is 0 Å². The molecule has 1 aromatic heterocycles. The molecule has 0 spiro atoms. The maximum Gasteiger partial charge on any atom is 0.107 e. The van der Waals surface area contributed by atoms with E-state index in [1.54, 1.807) is 11.3 Å². The molecule has 0 amide bonds. The van der Waals surface area contributed by atoms with Crippen molar-refractivity contribution >= 4 is 38.9 Å². The molecule has 0 radical (unpaired) electrons. The Kier molecular flexibility index (Phi) is 5.81. The van der Waals surface area contributed by atoms with E-state index in [1.165, 1.54) is 43.4 Å². The quantitative estimate of drug-likeness (QED) is 0.702. The lowest BCUT2D eigenvalue weighted by Gasteiger charge is -2.08. The first-order valence-corrected chi connectivity index (χ1v) is 8.39. The topological polar surface area (TPSA) is 12.0 Å².